The van der Waals surface area contributed by atoms with E-state index in [4.69, 9.17) is 4.74 Å². The van der Waals surface area contributed by atoms with Crippen molar-refractivity contribution in [1.29, 1.82) is 0 Å². The first kappa shape index (κ1) is 11.5. The minimum atomic E-state index is -3.06. The first-order chi connectivity index (χ1) is 7.46. The van der Waals surface area contributed by atoms with Crippen LogP contribution in [0.1, 0.15) is 25.0 Å². The van der Waals surface area contributed by atoms with Crippen LogP contribution in [0.25, 0.3) is 0 Å². The van der Waals surface area contributed by atoms with E-state index >= 15 is 0 Å². The van der Waals surface area contributed by atoms with Crippen molar-refractivity contribution in [3.63, 3.8) is 0 Å². The van der Waals surface area contributed by atoms with Crippen LogP contribution < -0.4 is 4.74 Å². The molecule has 0 spiro atoms. The molecule has 0 fully saturated rings. The normalized spacial score (nSPS) is 17.9. The Bertz CT molecular complexity index is 489. The van der Waals surface area contributed by atoms with Gasteiger partial charge in [0.05, 0.1) is 5.75 Å². The lowest BCUT2D eigenvalue weighted by Crippen LogP contribution is -2.20. The Hall–Kier alpha value is -1.03. The lowest BCUT2D eigenvalue weighted by Gasteiger charge is -2.18. The Balaban J connectivity index is 2.31. The molecule has 0 saturated carbocycles. The van der Waals surface area contributed by atoms with E-state index in [1.165, 1.54) is 5.56 Å². The van der Waals surface area contributed by atoms with Crippen LogP contribution in [-0.2, 0) is 22.0 Å². The van der Waals surface area contributed by atoms with E-state index in [-0.39, 0.29) is 11.7 Å². The van der Waals surface area contributed by atoms with Gasteiger partial charge in [0.1, 0.15) is 5.75 Å². The summed E-state index contributed by atoms with van der Waals surface area (Å²) in [7, 11) is -3.06. The number of hydrogen-bond acceptors (Lipinski definition) is 3. The van der Waals surface area contributed by atoms with E-state index in [0.29, 0.717) is 11.7 Å². The average Bonchev–Trinajstić information content (AvgIpc) is 2.14. The van der Waals surface area contributed by atoms with Crippen LogP contribution in [0.5, 0.6) is 5.75 Å². The zero-order chi connectivity index (χ0) is 11.8. The monoisotopic (exact) mass is 240 g/mol. The molecule has 0 atom stereocenters. The molecule has 1 aliphatic rings. The van der Waals surface area contributed by atoms with E-state index in [9.17, 15) is 8.42 Å². The number of rotatable bonds is 2. The maximum atomic E-state index is 11.4. The van der Waals surface area contributed by atoms with Gasteiger partial charge < -0.3 is 4.74 Å². The molecule has 1 aromatic rings. The minimum Gasteiger partial charge on any atom is -0.477 e. The first-order valence-corrected chi connectivity index (χ1v) is 7.23. The van der Waals surface area contributed by atoms with Gasteiger partial charge in [0.15, 0.2) is 15.8 Å². The van der Waals surface area contributed by atoms with Crippen LogP contribution in [0, 0.1) is 5.92 Å². The van der Waals surface area contributed by atoms with Gasteiger partial charge in [-0.1, -0.05) is 26.0 Å². The van der Waals surface area contributed by atoms with Gasteiger partial charge in [-0.05, 0) is 24.0 Å². The second-order valence-electron chi connectivity index (χ2n) is 4.69. The van der Waals surface area contributed by atoms with E-state index in [2.05, 4.69) is 13.8 Å². The molecule has 1 aliphatic heterocycles. The molecule has 0 N–H and O–H groups in total. The van der Waals surface area contributed by atoms with Crippen LogP contribution in [0.3, 0.4) is 0 Å². The van der Waals surface area contributed by atoms with Gasteiger partial charge in [0.2, 0.25) is 0 Å². The van der Waals surface area contributed by atoms with Gasteiger partial charge in [-0.15, -0.1) is 0 Å². The molecule has 0 aliphatic carbocycles. The predicted octanol–water partition coefficient (Wildman–Crippen LogP) is 2.15. The zero-order valence-corrected chi connectivity index (χ0v) is 10.4. The molecule has 0 saturated heterocycles. The number of ether oxygens (including phenoxy) is 1. The highest BCUT2D eigenvalue weighted by molar-refractivity contribution is 7.90. The lowest BCUT2D eigenvalue weighted by atomic mass is 10.0. The zero-order valence-electron chi connectivity index (χ0n) is 9.56. The Kier molecular flexibility index (Phi) is 2.93. The summed E-state index contributed by atoms with van der Waals surface area (Å²) in [5, 5.41) is 0. The molecule has 1 heterocycles. The number of sulfone groups is 1. The fourth-order valence-corrected chi connectivity index (χ4v) is 3.01. The Morgan fingerprint density at radius 3 is 2.81 bits per heavy atom. The molecular formula is C12H16O3S. The second kappa shape index (κ2) is 4.09. The molecule has 0 aromatic heterocycles. The fourth-order valence-electron chi connectivity index (χ4n) is 1.92. The summed E-state index contributed by atoms with van der Waals surface area (Å²) in [4.78, 5) is 0. The topological polar surface area (TPSA) is 43.4 Å². The highest BCUT2D eigenvalue weighted by atomic mass is 32.2. The molecule has 88 valence electrons. The summed E-state index contributed by atoms with van der Waals surface area (Å²) in [5.41, 5.74) is 1.97. The highest BCUT2D eigenvalue weighted by Crippen LogP contribution is 2.27. The maximum absolute atomic E-state index is 11.4. The standard InChI is InChI=1S/C12H16O3S/c1-9(2)5-10-3-4-12-11(6-10)7-16(13,14)8-15-12/h3-4,6,9H,5,7-8H2,1-2H3. The SMILES string of the molecule is CC(C)Cc1ccc2c(c1)CS(=O)(=O)CO2. The van der Waals surface area contributed by atoms with Crippen molar-refractivity contribution in [3.8, 4) is 5.75 Å². The third-order valence-corrected chi connectivity index (χ3v) is 3.77. The third-order valence-electron chi connectivity index (χ3n) is 2.54. The average molecular weight is 240 g/mol. The van der Waals surface area contributed by atoms with E-state index in [1.54, 1.807) is 0 Å². The lowest BCUT2D eigenvalue weighted by molar-refractivity contribution is 0.364. The number of fused-ring (bicyclic) bond motifs is 1. The van der Waals surface area contributed by atoms with Crippen LogP contribution in [0.2, 0.25) is 0 Å². The van der Waals surface area contributed by atoms with Crippen molar-refractivity contribution in [2.24, 2.45) is 5.92 Å². The van der Waals surface area contributed by atoms with Gasteiger partial charge in [-0.2, -0.15) is 0 Å². The van der Waals surface area contributed by atoms with Gasteiger partial charge in [0.25, 0.3) is 0 Å². The quantitative estimate of drug-likeness (QED) is 0.795. The van der Waals surface area contributed by atoms with Crippen LogP contribution in [0.4, 0.5) is 0 Å². The summed E-state index contributed by atoms with van der Waals surface area (Å²) in [5.74, 6) is 1.19. The van der Waals surface area contributed by atoms with Crippen molar-refractivity contribution < 1.29 is 13.2 Å². The summed E-state index contributed by atoms with van der Waals surface area (Å²) >= 11 is 0. The molecular weight excluding hydrogens is 224 g/mol. The molecule has 2 rings (SSSR count). The van der Waals surface area contributed by atoms with Gasteiger partial charge in [0, 0.05) is 5.56 Å². The summed E-state index contributed by atoms with van der Waals surface area (Å²) < 4.78 is 28.1. The van der Waals surface area contributed by atoms with Gasteiger partial charge >= 0.3 is 0 Å². The third kappa shape index (κ3) is 2.55. The first-order valence-electron chi connectivity index (χ1n) is 5.41. The Morgan fingerprint density at radius 2 is 2.12 bits per heavy atom. The summed E-state index contributed by atoms with van der Waals surface area (Å²) in [6.07, 6.45) is 0.966. The fraction of sp³-hybridized carbons (Fsp3) is 0.500. The van der Waals surface area contributed by atoms with Crippen LogP contribution in [-0.4, -0.2) is 14.4 Å². The number of benzene rings is 1. The molecule has 0 bridgehead atoms. The van der Waals surface area contributed by atoms with E-state index in [1.807, 2.05) is 18.2 Å². The minimum absolute atomic E-state index is 0.105. The van der Waals surface area contributed by atoms with Crippen molar-refractivity contribution in [3.05, 3.63) is 29.3 Å². The molecule has 0 amide bonds. The highest BCUT2D eigenvalue weighted by Gasteiger charge is 2.22. The number of hydrogen-bond donors (Lipinski definition) is 0. The van der Waals surface area contributed by atoms with Crippen molar-refractivity contribution in [2.45, 2.75) is 26.0 Å². The summed E-state index contributed by atoms with van der Waals surface area (Å²) in [6, 6.07) is 5.84. The van der Waals surface area contributed by atoms with Crippen molar-refractivity contribution >= 4 is 9.84 Å². The summed E-state index contributed by atoms with van der Waals surface area (Å²) in [6.45, 7) is 4.29. The predicted molar refractivity (Wildman–Crippen MR) is 63.1 cm³/mol. The molecule has 4 heteroatoms. The molecule has 16 heavy (non-hydrogen) atoms. The maximum Gasteiger partial charge on any atom is 0.189 e. The van der Waals surface area contributed by atoms with Gasteiger partial charge in [-0.25, -0.2) is 8.42 Å². The van der Waals surface area contributed by atoms with Crippen molar-refractivity contribution in [1.82, 2.24) is 0 Å². The van der Waals surface area contributed by atoms with Gasteiger partial charge in [-0.3, -0.25) is 0 Å². The molecule has 1 aromatic carbocycles. The van der Waals surface area contributed by atoms with Crippen LogP contribution >= 0.6 is 0 Å². The smallest absolute Gasteiger partial charge is 0.189 e. The van der Waals surface area contributed by atoms with E-state index < -0.39 is 9.84 Å². The molecule has 0 radical (unpaired) electrons. The Labute approximate surface area is 96.4 Å². The molecule has 0 unspecified atom stereocenters. The van der Waals surface area contributed by atoms with E-state index in [0.717, 1.165) is 12.0 Å². The van der Waals surface area contributed by atoms with Crippen molar-refractivity contribution in [2.75, 3.05) is 5.94 Å². The van der Waals surface area contributed by atoms with Crippen LogP contribution in [0.15, 0.2) is 18.2 Å². The second-order valence-corrected chi connectivity index (χ2v) is 6.70. The molecule has 3 nitrogen and oxygen atoms in total. The largest absolute Gasteiger partial charge is 0.477 e. The Morgan fingerprint density at radius 1 is 1.38 bits per heavy atom.